The van der Waals surface area contributed by atoms with Crippen LogP contribution in [-0.4, -0.2) is 59.5 Å². The molecule has 0 spiro atoms. The molecule has 0 N–H and O–H groups in total. The number of rotatable bonds is 3. The Labute approximate surface area is 164 Å². The van der Waals surface area contributed by atoms with Gasteiger partial charge in [-0.3, -0.25) is 9.48 Å². The molecular formula is C18H23ClN4O3S. The first-order valence-electron chi connectivity index (χ1n) is 8.77. The Morgan fingerprint density at radius 3 is 2.52 bits per heavy atom. The number of aryl methyl sites for hydroxylation is 2. The minimum atomic E-state index is -3.66. The first-order valence-corrected chi connectivity index (χ1v) is 10.6. The molecule has 0 bridgehead atoms. The predicted octanol–water partition coefficient (Wildman–Crippen LogP) is 2.23. The number of amides is 1. The molecule has 3 rings (SSSR count). The van der Waals surface area contributed by atoms with Crippen molar-refractivity contribution < 1.29 is 13.2 Å². The van der Waals surface area contributed by atoms with Gasteiger partial charge in [-0.05, 0) is 38.5 Å². The van der Waals surface area contributed by atoms with Gasteiger partial charge in [0.25, 0.3) is 5.91 Å². The summed E-state index contributed by atoms with van der Waals surface area (Å²) in [5.74, 6) is -0.134. The van der Waals surface area contributed by atoms with Crippen LogP contribution in [0.1, 0.15) is 28.2 Å². The first-order chi connectivity index (χ1) is 12.7. The topological polar surface area (TPSA) is 75.5 Å². The average molecular weight is 411 g/mol. The molecule has 1 aliphatic heterocycles. The van der Waals surface area contributed by atoms with Crippen molar-refractivity contribution in [3.63, 3.8) is 0 Å². The Balaban J connectivity index is 1.79. The summed E-state index contributed by atoms with van der Waals surface area (Å²) in [5.41, 5.74) is 1.62. The van der Waals surface area contributed by atoms with Gasteiger partial charge in [0, 0.05) is 43.8 Å². The molecule has 0 atom stereocenters. The van der Waals surface area contributed by atoms with Crippen LogP contribution in [0.2, 0.25) is 5.02 Å². The SMILES string of the molecule is Cc1nn(C)c(C)c1S(=O)(=O)N1CCCN(C(=O)c2cccc(Cl)c2)CC1. The normalized spacial score (nSPS) is 16.4. The summed E-state index contributed by atoms with van der Waals surface area (Å²) < 4.78 is 29.3. The van der Waals surface area contributed by atoms with E-state index in [-0.39, 0.29) is 17.3 Å². The highest BCUT2D eigenvalue weighted by Gasteiger charge is 2.32. The van der Waals surface area contributed by atoms with Crippen molar-refractivity contribution in [2.75, 3.05) is 26.2 Å². The summed E-state index contributed by atoms with van der Waals surface area (Å²) in [7, 11) is -1.92. The molecule has 2 aromatic rings. The van der Waals surface area contributed by atoms with Crippen molar-refractivity contribution in [2.24, 2.45) is 7.05 Å². The van der Waals surface area contributed by atoms with Crippen LogP contribution < -0.4 is 0 Å². The molecule has 2 heterocycles. The van der Waals surface area contributed by atoms with E-state index < -0.39 is 10.0 Å². The molecule has 0 aliphatic carbocycles. The highest BCUT2D eigenvalue weighted by Crippen LogP contribution is 2.24. The first kappa shape index (κ1) is 19.9. The van der Waals surface area contributed by atoms with Crippen molar-refractivity contribution in [2.45, 2.75) is 25.2 Å². The lowest BCUT2D eigenvalue weighted by atomic mass is 10.2. The number of carbonyl (C=O) groups excluding carboxylic acids is 1. The van der Waals surface area contributed by atoms with Crippen LogP contribution in [0.15, 0.2) is 29.2 Å². The molecule has 1 fully saturated rings. The summed E-state index contributed by atoms with van der Waals surface area (Å²) in [6.07, 6.45) is 0.573. The van der Waals surface area contributed by atoms with E-state index >= 15 is 0 Å². The molecule has 1 aromatic carbocycles. The highest BCUT2D eigenvalue weighted by atomic mass is 35.5. The monoisotopic (exact) mass is 410 g/mol. The third kappa shape index (κ3) is 3.88. The van der Waals surface area contributed by atoms with Crippen molar-refractivity contribution >= 4 is 27.5 Å². The van der Waals surface area contributed by atoms with Crippen molar-refractivity contribution in [3.8, 4) is 0 Å². The van der Waals surface area contributed by atoms with Gasteiger partial charge in [-0.2, -0.15) is 9.40 Å². The Hall–Kier alpha value is -1.90. The fraction of sp³-hybridized carbons (Fsp3) is 0.444. The van der Waals surface area contributed by atoms with E-state index in [4.69, 9.17) is 11.6 Å². The maximum Gasteiger partial charge on any atom is 0.253 e. The summed E-state index contributed by atoms with van der Waals surface area (Å²) in [6.45, 7) is 4.91. The standard InChI is InChI=1S/C18H23ClN4O3S/c1-13-17(14(2)21(3)20-13)27(25,26)23-9-5-8-22(10-11-23)18(24)15-6-4-7-16(19)12-15/h4,6-7,12H,5,8-11H2,1-3H3. The molecule has 1 aliphatic rings. The van der Waals surface area contributed by atoms with Gasteiger partial charge in [0.05, 0.1) is 11.4 Å². The van der Waals surface area contributed by atoms with Crippen molar-refractivity contribution in [3.05, 3.63) is 46.2 Å². The van der Waals surface area contributed by atoms with Crippen LogP contribution in [0.3, 0.4) is 0 Å². The van der Waals surface area contributed by atoms with Gasteiger partial charge in [-0.15, -0.1) is 0 Å². The molecule has 27 heavy (non-hydrogen) atoms. The third-order valence-corrected chi connectivity index (χ3v) is 7.24. The van der Waals surface area contributed by atoms with E-state index in [1.807, 2.05) is 0 Å². The van der Waals surface area contributed by atoms with E-state index in [2.05, 4.69) is 5.10 Å². The minimum absolute atomic E-state index is 0.134. The minimum Gasteiger partial charge on any atom is -0.337 e. The number of hydrogen-bond donors (Lipinski definition) is 0. The van der Waals surface area contributed by atoms with Gasteiger partial charge < -0.3 is 4.90 Å². The molecule has 1 aromatic heterocycles. The smallest absolute Gasteiger partial charge is 0.253 e. The zero-order chi connectivity index (χ0) is 19.8. The van der Waals surface area contributed by atoms with Gasteiger partial charge >= 0.3 is 0 Å². The van der Waals surface area contributed by atoms with Crippen molar-refractivity contribution in [1.29, 1.82) is 0 Å². The third-order valence-electron chi connectivity index (χ3n) is 4.85. The molecule has 1 amide bonds. The summed E-state index contributed by atoms with van der Waals surface area (Å²) in [4.78, 5) is 14.7. The van der Waals surface area contributed by atoms with Crippen LogP contribution in [-0.2, 0) is 17.1 Å². The largest absolute Gasteiger partial charge is 0.337 e. The van der Waals surface area contributed by atoms with Crippen LogP contribution in [0.5, 0.6) is 0 Å². The number of halogens is 1. The lowest BCUT2D eigenvalue weighted by molar-refractivity contribution is 0.0764. The number of sulfonamides is 1. The number of carbonyl (C=O) groups is 1. The molecule has 0 unspecified atom stereocenters. The molecule has 0 radical (unpaired) electrons. The molecule has 9 heteroatoms. The summed E-state index contributed by atoms with van der Waals surface area (Å²) in [6, 6.07) is 6.80. The second-order valence-corrected chi connectivity index (χ2v) is 8.99. The van der Waals surface area contributed by atoms with Crippen LogP contribution >= 0.6 is 11.6 Å². The second-order valence-electron chi connectivity index (χ2n) is 6.68. The van der Waals surface area contributed by atoms with E-state index in [1.54, 1.807) is 54.7 Å². The molecule has 146 valence electrons. The Morgan fingerprint density at radius 2 is 1.89 bits per heavy atom. The van der Waals surface area contributed by atoms with Crippen LogP contribution in [0.25, 0.3) is 0 Å². The van der Waals surface area contributed by atoms with Gasteiger partial charge in [0.2, 0.25) is 10.0 Å². The zero-order valence-corrected chi connectivity index (χ0v) is 17.2. The Kier molecular flexibility index (Phi) is 5.60. The highest BCUT2D eigenvalue weighted by molar-refractivity contribution is 7.89. The number of benzene rings is 1. The van der Waals surface area contributed by atoms with Crippen molar-refractivity contribution in [1.82, 2.24) is 19.0 Å². The fourth-order valence-electron chi connectivity index (χ4n) is 3.40. The Morgan fingerprint density at radius 1 is 1.15 bits per heavy atom. The lowest BCUT2D eigenvalue weighted by Gasteiger charge is -2.22. The summed E-state index contributed by atoms with van der Waals surface area (Å²) >= 11 is 5.98. The van der Waals surface area contributed by atoms with E-state index in [0.717, 1.165) is 0 Å². The zero-order valence-electron chi connectivity index (χ0n) is 15.6. The predicted molar refractivity (Wildman–Crippen MR) is 103 cm³/mol. The average Bonchev–Trinajstić information content (AvgIpc) is 2.80. The molecular weight excluding hydrogens is 388 g/mol. The maximum atomic E-state index is 13.1. The number of hydrogen-bond acceptors (Lipinski definition) is 4. The fourth-order valence-corrected chi connectivity index (χ4v) is 5.46. The summed E-state index contributed by atoms with van der Waals surface area (Å²) in [5, 5.41) is 4.72. The van der Waals surface area contributed by atoms with Crippen LogP contribution in [0.4, 0.5) is 0 Å². The van der Waals surface area contributed by atoms with E-state index in [1.165, 1.54) is 4.31 Å². The number of aromatic nitrogens is 2. The molecule has 0 saturated carbocycles. The Bertz CT molecular complexity index is 971. The van der Waals surface area contributed by atoms with Gasteiger partial charge in [0.15, 0.2) is 0 Å². The second kappa shape index (κ2) is 7.61. The molecule has 1 saturated heterocycles. The van der Waals surface area contributed by atoms with E-state index in [0.29, 0.717) is 48.0 Å². The lowest BCUT2D eigenvalue weighted by Crippen LogP contribution is -2.37. The quantitative estimate of drug-likeness (QED) is 0.777. The van der Waals surface area contributed by atoms with Crippen LogP contribution in [0, 0.1) is 13.8 Å². The molecule has 7 nitrogen and oxygen atoms in total. The van der Waals surface area contributed by atoms with Gasteiger partial charge in [-0.1, -0.05) is 17.7 Å². The van der Waals surface area contributed by atoms with Gasteiger partial charge in [0.1, 0.15) is 4.90 Å². The van der Waals surface area contributed by atoms with Gasteiger partial charge in [-0.25, -0.2) is 8.42 Å². The number of nitrogens with zero attached hydrogens (tertiary/aromatic N) is 4. The van der Waals surface area contributed by atoms with E-state index in [9.17, 15) is 13.2 Å². The maximum absolute atomic E-state index is 13.1.